The second kappa shape index (κ2) is 15.6. The SMILES string of the molecule is C1CCC2C(C1)CCCC2C1CCC(N(C2CCCC(C3CCCC4C5CCC6OC7CCCCC7C6C5OC34)C2)C2CCCC3CCCCC32)CC1. The van der Waals surface area contributed by atoms with Crippen LogP contribution in [0, 0.1) is 71.0 Å². The Balaban J connectivity index is 0.818. The second-order valence-electron chi connectivity index (χ2n) is 22.4. The molecule has 11 aliphatic rings. The number of hydrogen-bond acceptors (Lipinski definition) is 3. The van der Waals surface area contributed by atoms with E-state index in [0.717, 1.165) is 89.1 Å². The Labute approximate surface area is 326 Å². The van der Waals surface area contributed by atoms with E-state index in [0.29, 0.717) is 24.4 Å². The molecule has 17 atom stereocenters. The molecule has 9 aliphatic carbocycles. The van der Waals surface area contributed by atoms with Gasteiger partial charge in [-0.15, -0.1) is 0 Å². The summed E-state index contributed by atoms with van der Waals surface area (Å²) in [5, 5.41) is 0. The summed E-state index contributed by atoms with van der Waals surface area (Å²) in [4.78, 5) is 3.42. The monoisotopic (exact) mass is 728 g/mol. The fourth-order valence-corrected chi connectivity index (χ4v) is 18.5. The predicted octanol–water partition coefficient (Wildman–Crippen LogP) is 12.5. The third-order valence-corrected chi connectivity index (χ3v) is 20.4. The van der Waals surface area contributed by atoms with Crippen LogP contribution in [0.25, 0.3) is 0 Å². The third-order valence-electron chi connectivity index (χ3n) is 20.4. The molecule has 3 nitrogen and oxygen atoms in total. The van der Waals surface area contributed by atoms with E-state index in [-0.39, 0.29) is 0 Å². The van der Waals surface area contributed by atoms with Crippen molar-refractivity contribution in [2.24, 2.45) is 71.0 Å². The maximum Gasteiger partial charge on any atom is 0.0667 e. The van der Waals surface area contributed by atoms with Crippen molar-refractivity contribution in [2.45, 2.75) is 242 Å². The van der Waals surface area contributed by atoms with Gasteiger partial charge in [-0.3, -0.25) is 4.90 Å². The van der Waals surface area contributed by atoms with Crippen LogP contribution in [0.2, 0.25) is 0 Å². The molecule has 0 aromatic rings. The van der Waals surface area contributed by atoms with E-state index < -0.39 is 0 Å². The molecule has 53 heavy (non-hydrogen) atoms. The highest BCUT2D eigenvalue weighted by Crippen LogP contribution is 2.59. The minimum Gasteiger partial charge on any atom is -0.374 e. The van der Waals surface area contributed by atoms with Crippen molar-refractivity contribution >= 4 is 0 Å². The van der Waals surface area contributed by atoms with Gasteiger partial charge in [0, 0.05) is 24.0 Å². The smallest absolute Gasteiger partial charge is 0.0667 e. The lowest BCUT2D eigenvalue weighted by Crippen LogP contribution is -2.57. The van der Waals surface area contributed by atoms with E-state index in [1.807, 2.05) is 0 Å². The van der Waals surface area contributed by atoms with Gasteiger partial charge in [0.05, 0.1) is 24.4 Å². The Morgan fingerprint density at radius 1 is 0.302 bits per heavy atom. The molecule has 0 amide bonds. The molecular formula is C50H81NO2. The summed E-state index contributed by atoms with van der Waals surface area (Å²) in [6.07, 6.45) is 48.9. The molecule has 0 radical (unpaired) electrons. The summed E-state index contributed by atoms with van der Waals surface area (Å²) < 4.78 is 14.5. The first-order valence-corrected chi connectivity index (χ1v) is 25.4. The van der Waals surface area contributed by atoms with Crippen molar-refractivity contribution in [2.75, 3.05) is 0 Å². The summed E-state index contributed by atoms with van der Waals surface area (Å²) in [5.74, 6) is 11.4. The molecule has 0 aromatic carbocycles. The second-order valence-corrected chi connectivity index (χ2v) is 22.4. The number of nitrogens with zero attached hydrogens (tertiary/aromatic N) is 1. The fraction of sp³-hybridized carbons (Fsp3) is 1.00. The molecule has 0 N–H and O–H groups in total. The lowest BCUT2D eigenvalue weighted by Gasteiger charge is -2.55. The maximum absolute atomic E-state index is 7.61. The normalized spacial score (nSPS) is 54.2. The zero-order valence-electron chi connectivity index (χ0n) is 34.2. The van der Waals surface area contributed by atoms with Gasteiger partial charge in [0.15, 0.2) is 0 Å². The summed E-state index contributed by atoms with van der Waals surface area (Å²) in [6.45, 7) is 0. The summed E-state index contributed by atoms with van der Waals surface area (Å²) >= 11 is 0. The van der Waals surface area contributed by atoms with E-state index in [2.05, 4.69) is 4.90 Å². The van der Waals surface area contributed by atoms with Crippen LogP contribution in [0.5, 0.6) is 0 Å². The van der Waals surface area contributed by atoms with E-state index in [1.165, 1.54) is 116 Å². The van der Waals surface area contributed by atoms with Gasteiger partial charge in [-0.05, 0) is 174 Å². The van der Waals surface area contributed by atoms with E-state index >= 15 is 0 Å². The van der Waals surface area contributed by atoms with Crippen LogP contribution in [0.4, 0.5) is 0 Å². The summed E-state index contributed by atoms with van der Waals surface area (Å²) in [7, 11) is 0. The van der Waals surface area contributed by atoms with Gasteiger partial charge < -0.3 is 9.47 Å². The fourth-order valence-electron chi connectivity index (χ4n) is 18.5. The highest BCUT2D eigenvalue weighted by Gasteiger charge is 2.60. The number of rotatable bonds is 5. The van der Waals surface area contributed by atoms with Crippen LogP contribution in [0.15, 0.2) is 0 Å². The van der Waals surface area contributed by atoms with Crippen molar-refractivity contribution in [1.29, 1.82) is 0 Å². The average Bonchev–Trinajstić information content (AvgIpc) is 3.80. The maximum atomic E-state index is 7.61. The van der Waals surface area contributed by atoms with Gasteiger partial charge in [-0.1, -0.05) is 89.9 Å². The number of ether oxygens (including phenoxy) is 2. The van der Waals surface area contributed by atoms with E-state index in [1.54, 1.807) is 83.5 Å². The molecule has 0 bridgehead atoms. The molecule has 2 aliphatic heterocycles. The molecule has 11 rings (SSSR count). The van der Waals surface area contributed by atoms with Crippen LogP contribution in [-0.4, -0.2) is 47.4 Å². The van der Waals surface area contributed by atoms with Crippen molar-refractivity contribution in [3.63, 3.8) is 0 Å². The summed E-state index contributed by atoms with van der Waals surface area (Å²) in [6, 6.07) is 2.65. The molecule has 11 fully saturated rings. The Bertz CT molecular complexity index is 1220. The van der Waals surface area contributed by atoms with Crippen LogP contribution in [0.3, 0.4) is 0 Å². The van der Waals surface area contributed by atoms with Crippen molar-refractivity contribution in [1.82, 2.24) is 4.90 Å². The Kier molecular flexibility index (Phi) is 10.6. The largest absolute Gasteiger partial charge is 0.374 e. The quantitative estimate of drug-likeness (QED) is 0.281. The molecule has 0 aromatic heterocycles. The molecule has 3 heteroatoms. The van der Waals surface area contributed by atoms with Crippen LogP contribution in [-0.2, 0) is 9.47 Å². The van der Waals surface area contributed by atoms with Gasteiger partial charge in [-0.2, -0.15) is 0 Å². The third kappa shape index (κ3) is 6.60. The van der Waals surface area contributed by atoms with Crippen LogP contribution < -0.4 is 0 Å². The van der Waals surface area contributed by atoms with Gasteiger partial charge in [0.25, 0.3) is 0 Å². The standard InChI is InChI=1S/C50H81NO2/c1-3-17-38-32(11-1)13-8-20-39(38)34-25-27-36(28-26-34)51(45-23-9-14-33-12-2-4-18-40(33)45)37-16-7-15-35(31-37)41-21-10-22-42-43-29-30-47-48(50(43)53-49(41)42)44-19-5-6-24-46(44)52-47/h32-50H,1-31H2. The highest BCUT2D eigenvalue weighted by molar-refractivity contribution is 5.09. The zero-order chi connectivity index (χ0) is 34.9. The lowest BCUT2D eigenvalue weighted by molar-refractivity contribution is -0.0927. The van der Waals surface area contributed by atoms with Gasteiger partial charge in [0.2, 0.25) is 0 Å². The number of fused-ring (bicyclic) bond motifs is 9. The van der Waals surface area contributed by atoms with Gasteiger partial charge >= 0.3 is 0 Å². The Morgan fingerprint density at radius 2 is 0.868 bits per heavy atom. The molecule has 9 saturated carbocycles. The average molecular weight is 728 g/mol. The minimum atomic E-state index is 0.520. The molecule has 0 spiro atoms. The molecule has 298 valence electrons. The van der Waals surface area contributed by atoms with Crippen molar-refractivity contribution in [3.05, 3.63) is 0 Å². The van der Waals surface area contributed by atoms with Crippen LogP contribution in [0.1, 0.15) is 199 Å². The van der Waals surface area contributed by atoms with Gasteiger partial charge in [-0.25, -0.2) is 0 Å². The van der Waals surface area contributed by atoms with E-state index in [9.17, 15) is 0 Å². The molecule has 2 heterocycles. The highest BCUT2D eigenvalue weighted by atomic mass is 16.5. The Morgan fingerprint density at radius 3 is 1.72 bits per heavy atom. The van der Waals surface area contributed by atoms with Crippen molar-refractivity contribution in [3.8, 4) is 0 Å². The minimum absolute atomic E-state index is 0.520. The van der Waals surface area contributed by atoms with Crippen LogP contribution >= 0.6 is 0 Å². The molecular weight excluding hydrogens is 647 g/mol. The predicted molar refractivity (Wildman–Crippen MR) is 216 cm³/mol. The Hall–Kier alpha value is -0.120. The first-order valence-electron chi connectivity index (χ1n) is 25.4. The first-order chi connectivity index (χ1) is 26.3. The molecule has 2 saturated heterocycles. The van der Waals surface area contributed by atoms with E-state index in [4.69, 9.17) is 9.47 Å². The zero-order valence-corrected chi connectivity index (χ0v) is 34.2. The number of hydrogen-bond donors (Lipinski definition) is 0. The molecule has 17 unspecified atom stereocenters. The topological polar surface area (TPSA) is 21.7 Å². The lowest BCUT2D eigenvalue weighted by atomic mass is 9.59. The van der Waals surface area contributed by atoms with Crippen molar-refractivity contribution < 1.29 is 9.47 Å². The summed E-state index contributed by atoms with van der Waals surface area (Å²) in [5.41, 5.74) is 0. The van der Waals surface area contributed by atoms with Gasteiger partial charge in [0.1, 0.15) is 0 Å². The first kappa shape index (κ1) is 36.0.